The molecule has 0 radical (unpaired) electrons. The SMILES string of the molecule is COCCN1CC(CN(C)Cc2nc(C3CC3)no2)CC1=O. The third kappa shape index (κ3) is 3.84. The normalized spacial score (nSPS) is 22.0. The lowest BCUT2D eigenvalue weighted by Crippen LogP contribution is -2.31. The average molecular weight is 308 g/mol. The molecule has 0 aromatic carbocycles. The molecule has 0 spiro atoms. The number of nitrogens with zero attached hydrogens (tertiary/aromatic N) is 4. The summed E-state index contributed by atoms with van der Waals surface area (Å²) in [6, 6.07) is 0. The number of ether oxygens (including phenoxy) is 1. The van der Waals surface area contributed by atoms with Gasteiger partial charge < -0.3 is 14.2 Å². The zero-order valence-electron chi connectivity index (χ0n) is 13.3. The van der Waals surface area contributed by atoms with Crippen LogP contribution in [0.4, 0.5) is 0 Å². The van der Waals surface area contributed by atoms with Crippen LogP contribution in [0.3, 0.4) is 0 Å². The van der Waals surface area contributed by atoms with Gasteiger partial charge in [-0.25, -0.2) is 0 Å². The number of carbonyl (C=O) groups excluding carboxylic acids is 1. The topological polar surface area (TPSA) is 71.7 Å². The quantitative estimate of drug-likeness (QED) is 0.710. The molecule has 1 aromatic rings. The summed E-state index contributed by atoms with van der Waals surface area (Å²) in [5.41, 5.74) is 0. The zero-order valence-corrected chi connectivity index (χ0v) is 13.3. The lowest BCUT2D eigenvalue weighted by Gasteiger charge is -2.19. The Labute approximate surface area is 130 Å². The molecule has 2 fully saturated rings. The fourth-order valence-electron chi connectivity index (χ4n) is 2.97. The molecule has 7 nitrogen and oxygen atoms in total. The van der Waals surface area contributed by atoms with E-state index in [2.05, 4.69) is 15.0 Å². The molecule has 1 saturated carbocycles. The van der Waals surface area contributed by atoms with E-state index in [0.717, 1.165) is 18.9 Å². The van der Waals surface area contributed by atoms with Crippen molar-refractivity contribution in [2.45, 2.75) is 31.7 Å². The van der Waals surface area contributed by atoms with Crippen molar-refractivity contribution in [3.63, 3.8) is 0 Å². The molecule has 0 N–H and O–H groups in total. The third-order valence-corrected chi connectivity index (χ3v) is 4.26. The lowest BCUT2D eigenvalue weighted by atomic mass is 10.1. The molecule has 1 atom stereocenters. The average Bonchev–Trinajstić information content (AvgIpc) is 3.14. The van der Waals surface area contributed by atoms with E-state index in [-0.39, 0.29) is 5.91 Å². The Morgan fingerprint density at radius 2 is 2.27 bits per heavy atom. The maximum atomic E-state index is 11.9. The van der Waals surface area contributed by atoms with Gasteiger partial charge in [-0.1, -0.05) is 5.16 Å². The molecule has 1 saturated heterocycles. The predicted molar refractivity (Wildman–Crippen MR) is 79.2 cm³/mol. The fraction of sp³-hybridized carbons (Fsp3) is 0.800. The minimum atomic E-state index is 0.226. The van der Waals surface area contributed by atoms with Crippen molar-refractivity contribution in [3.8, 4) is 0 Å². The molecule has 2 heterocycles. The highest BCUT2D eigenvalue weighted by Crippen LogP contribution is 2.38. The fourth-order valence-corrected chi connectivity index (χ4v) is 2.97. The van der Waals surface area contributed by atoms with Gasteiger partial charge in [-0.15, -0.1) is 0 Å². The first-order chi connectivity index (χ1) is 10.7. The van der Waals surface area contributed by atoms with Crippen LogP contribution < -0.4 is 0 Å². The Bertz CT molecular complexity index is 515. The van der Waals surface area contributed by atoms with Crippen LogP contribution in [0.5, 0.6) is 0 Å². The van der Waals surface area contributed by atoms with E-state index in [9.17, 15) is 4.79 Å². The molecule has 1 aliphatic carbocycles. The van der Waals surface area contributed by atoms with Crippen molar-refractivity contribution in [1.82, 2.24) is 19.9 Å². The van der Waals surface area contributed by atoms with Gasteiger partial charge >= 0.3 is 0 Å². The van der Waals surface area contributed by atoms with Crippen molar-refractivity contribution in [2.24, 2.45) is 5.92 Å². The predicted octanol–water partition coefficient (Wildman–Crippen LogP) is 0.874. The molecule has 122 valence electrons. The molecule has 7 heteroatoms. The van der Waals surface area contributed by atoms with Crippen LogP contribution in [0.15, 0.2) is 4.52 Å². The standard InChI is InChI=1S/C15H24N4O3/c1-18(10-13-16-15(17-22-13)12-3-4-12)8-11-7-14(20)19(9-11)5-6-21-2/h11-12H,3-10H2,1-2H3. The molecule has 1 amide bonds. The van der Waals surface area contributed by atoms with Gasteiger partial charge in [0.15, 0.2) is 5.82 Å². The summed E-state index contributed by atoms with van der Waals surface area (Å²) in [7, 11) is 3.69. The Hall–Kier alpha value is -1.47. The Morgan fingerprint density at radius 3 is 3.00 bits per heavy atom. The van der Waals surface area contributed by atoms with Gasteiger partial charge in [-0.3, -0.25) is 9.69 Å². The van der Waals surface area contributed by atoms with E-state index < -0.39 is 0 Å². The van der Waals surface area contributed by atoms with Gasteiger partial charge in [-0.2, -0.15) is 4.98 Å². The summed E-state index contributed by atoms with van der Waals surface area (Å²) in [5, 5.41) is 4.03. The van der Waals surface area contributed by atoms with Crippen molar-refractivity contribution in [1.29, 1.82) is 0 Å². The largest absolute Gasteiger partial charge is 0.383 e. The molecule has 0 bridgehead atoms. The van der Waals surface area contributed by atoms with Gasteiger partial charge in [-0.05, 0) is 25.8 Å². The summed E-state index contributed by atoms with van der Waals surface area (Å²) in [5.74, 6) is 2.63. The summed E-state index contributed by atoms with van der Waals surface area (Å²) >= 11 is 0. The second-order valence-corrected chi connectivity index (χ2v) is 6.42. The molecule has 22 heavy (non-hydrogen) atoms. The van der Waals surface area contributed by atoms with E-state index in [1.807, 2.05) is 11.9 Å². The number of carbonyl (C=O) groups is 1. The lowest BCUT2D eigenvalue weighted by molar-refractivity contribution is -0.128. The third-order valence-electron chi connectivity index (χ3n) is 4.26. The van der Waals surface area contributed by atoms with E-state index in [1.54, 1.807) is 7.11 Å². The smallest absolute Gasteiger partial charge is 0.240 e. The Morgan fingerprint density at radius 1 is 1.45 bits per heavy atom. The summed E-state index contributed by atoms with van der Waals surface area (Å²) in [6.07, 6.45) is 2.97. The Kier molecular flexibility index (Phi) is 4.73. The van der Waals surface area contributed by atoms with Gasteiger partial charge in [0.25, 0.3) is 0 Å². The number of aromatic nitrogens is 2. The van der Waals surface area contributed by atoms with Gasteiger partial charge in [0.2, 0.25) is 11.8 Å². The van der Waals surface area contributed by atoms with Gasteiger partial charge in [0.05, 0.1) is 13.2 Å². The van der Waals surface area contributed by atoms with Crippen LogP contribution >= 0.6 is 0 Å². The van der Waals surface area contributed by atoms with Gasteiger partial charge in [0, 0.05) is 39.1 Å². The number of hydrogen-bond donors (Lipinski definition) is 0. The van der Waals surface area contributed by atoms with Crippen molar-refractivity contribution in [2.75, 3.05) is 40.4 Å². The van der Waals surface area contributed by atoms with Crippen molar-refractivity contribution < 1.29 is 14.1 Å². The summed E-state index contributed by atoms with van der Waals surface area (Å²) in [6.45, 7) is 3.59. The van der Waals surface area contributed by atoms with E-state index in [1.165, 1.54) is 12.8 Å². The molecule has 2 aliphatic rings. The zero-order chi connectivity index (χ0) is 15.5. The number of hydrogen-bond acceptors (Lipinski definition) is 6. The first kappa shape index (κ1) is 15.4. The van der Waals surface area contributed by atoms with Crippen LogP contribution in [0.2, 0.25) is 0 Å². The maximum absolute atomic E-state index is 11.9. The van der Waals surface area contributed by atoms with Crippen LogP contribution in [-0.4, -0.2) is 66.2 Å². The number of methoxy groups -OCH3 is 1. The summed E-state index contributed by atoms with van der Waals surface area (Å²) < 4.78 is 10.3. The molecule has 1 aromatic heterocycles. The second kappa shape index (κ2) is 6.75. The highest BCUT2D eigenvalue weighted by molar-refractivity contribution is 5.78. The highest BCUT2D eigenvalue weighted by Gasteiger charge is 2.31. The van der Waals surface area contributed by atoms with E-state index in [0.29, 0.717) is 43.8 Å². The molecule has 1 unspecified atom stereocenters. The Balaban J connectivity index is 1.45. The van der Waals surface area contributed by atoms with Crippen LogP contribution in [0.1, 0.15) is 36.9 Å². The molecular weight excluding hydrogens is 284 g/mol. The first-order valence-electron chi connectivity index (χ1n) is 7.93. The van der Waals surface area contributed by atoms with Crippen molar-refractivity contribution >= 4 is 5.91 Å². The summed E-state index contributed by atoms with van der Waals surface area (Å²) in [4.78, 5) is 20.4. The minimum Gasteiger partial charge on any atom is -0.383 e. The number of likely N-dealkylation sites (tertiary alicyclic amines) is 1. The molecular formula is C15H24N4O3. The molecule has 1 aliphatic heterocycles. The monoisotopic (exact) mass is 308 g/mol. The number of amides is 1. The van der Waals surface area contributed by atoms with Crippen LogP contribution in [0.25, 0.3) is 0 Å². The van der Waals surface area contributed by atoms with Crippen LogP contribution in [-0.2, 0) is 16.1 Å². The van der Waals surface area contributed by atoms with Crippen molar-refractivity contribution in [3.05, 3.63) is 11.7 Å². The van der Waals surface area contributed by atoms with Crippen LogP contribution in [0, 0.1) is 5.92 Å². The molecule has 3 rings (SSSR count). The number of rotatable bonds is 8. The first-order valence-corrected chi connectivity index (χ1v) is 7.93. The second-order valence-electron chi connectivity index (χ2n) is 6.42. The van der Waals surface area contributed by atoms with E-state index >= 15 is 0 Å². The maximum Gasteiger partial charge on any atom is 0.240 e. The van der Waals surface area contributed by atoms with Gasteiger partial charge in [0.1, 0.15) is 0 Å². The van der Waals surface area contributed by atoms with E-state index in [4.69, 9.17) is 9.26 Å². The highest BCUT2D eigenvalue weighted by atomic mass is 16.5. The minimum absolute atomic E-state index is 0.226.